The lowest BCUT2D eigenvalue weighted by molar-refractivity contribution is -0.111. The molecule has 132 valence electrons. The van der Waals surface area contributed by atoms with Crippen LogP contribution in [0, 0.1) is 0 Å². The number of fused-ring (bicyclic) bond motifs is 1. The van der Waals surface area contributed by atoms with Crippen molar-refractivity contribution in [2.45, 2.75) is 19.3 Å². The van der Waals surface area contributed by atoms with Gasteiger partial charge in [-0.2, -0.15) is 0 Å². The van der Waals surface area contributed by atoms with E-state index in [0.717, 1.165) is 29.8 Å². The Morgan fingerprint density at radius 2 is 2.04 bits per heavy atom. The van der Waals surface area contributed by atoms with Crippen molar-refractivity contribution in [1.82, 2.24) is 9.97 Å². The van der Waals surface area contributed by atoms with Crippen molar-refractivity contribution in [1.29, 1.82) is 0 Å². The first-order valence-electron chi connectivity index (χ1n) is 8.82. The summed E-state index contributed by atoms with van der Waals surface area (Å²) < 4.78 is 5.17. The van der Waals surface area contributed by atoms with Gasteiger partial charge in [0.25, 0.3) is 0 Å². The van der Waals surface area contributed by atoms with Crippen LogP contribution < -0.4 is 10.2 Å². The molecule has 2 aromatic heterocycles. The first-order valence-corrected chi connectivity index (χ1v) is 8.82. The molecule has 0 bridgehead atoms. The summed E-state index contributed by atoms with van der Waals surface area (Å²) in [5.74, 6) is 1.40. The zero-order chi connectivity index (χ0) is 17.8. The van der Waals surface area contributed by atoms with E-state index in [1.807, 2.05) is 18.2 Å². The summed E-state index contributed by atoms with van der Waals surface area (Å²) in [6.45, 7) is 2.06. The monoisotopic (exact) mass is 348 g/mol. The van der Waals surface area contributed by atoms with Crippen LogP contribution in [0.5, 0.6) is 0 Å². The van der Waals surface area contributed by atoms with E-state index in [1.165, 1.54) is 25.3 Å². The third kappa shape index (κ3) is 3.59. The van der Waals surface area contributed by atoms with Gasteiger partial charge in [-0.15, -0.1) is 0 Å². The van der Waals surface area contributed by atoms with Gasteiger partial charge in [-0.25, -0.2) is 9.97 Å². The molecule has 6 nitrogen and oxygen atoms in total. The van der Waals surface area contributed by atoms with Crippen LogP contribution in [0.2, 0.25) is 0 Å². The summed E-state index contributed by atoms with van der Waals surface area (Å²) in [6.07, 6.45) is 9.91. The van der Waals surface area contributed by atoms with Crippen LogP contribution in [0.25, 0.3) is 17.0 Å². The SMILES string of the molecule is O=C(/C=C/c1ccco1)Nc1ccc2c(N3CCCCC3)ncnc2c1. The Morgan fingerprint density at radius 1 is 1.15 bits per heavy atom. The molecule has 1 N–H and O–H groups in total. The molecule has 1 aliphatic rings. The third-order valence-electron chi connectivity index (χ3n) is 4.48. The maximum absolute atomic E-state index is 12.1. The number of carbonyl (C=O) groups excluding carboxylic acids is 1. The number of hydrogen-bond donors (Lipinski definition) is 1. The van der Waals surface area contributed by atoms with E-state index in [2.05, 4.69) is 20.2 Å². The van der Waals surface area contributed by atoms with E-state index in [1.54, 1.807) is 30.8 Å². The number of benzene rings is 1. The molecule has 0 atom stereocenters. The van der Waals surface area contributed by atoms with Crippen LogP contribution in [0.1, 0.15) is 25.0 Å². The van der Waals surface area contributed by atoms with Gasteiger partial charge in [0.1, 0.15) is 17.9 Å². The van der Waals surface area contributed by atoms with E-state index in [0.29, 0.717) is 11.4 Å². The Morgan fingerprint density at radius 3 is 2.85 bits per heavy atom. The predicted molar refractivity (Wildman–Crippen MR) is 102 cm³/mol. The van der Waals surface area contributed by atoms with Gasteiger partial charge in [-0.05, 0) is 55.7 Å². The van der Waals surface area contributed by atoms with Gasteiger partial charge < -0.3 is 14.6 Å². The molecular weight excluding hydrogens is 328 g/mol. The van der Waals surface area contributed by atoms with Crippen molar-refractivity contribution in [3.05, 3.63) is 54.8 Å². The van der Waals surface area contributed by atoms with Crippen LogP contribution in [0.15, 0.2) is 53.4 Å². The first kappa shape index (κ1) is 16.3. The number of amides is 1. The zero-order valence-corrected chi connectivity index (χ0v) is 14.4. The van der Waals surface area contributed by atoms with Gasteiger partial charge in [-0.3, -0.25) is 4.79 Å². The van der Waals surface area contributed by atoms with E-state index in [-0.39, 0.29) is 5.91 Å². The lowest BCUT2D eigenvalue weighted by atomic mass is 10.1. The molecule has 0 saturated carbocycles. The van der Waals surface area contributed by atoms with Crippen LogP contribution in [-0.2, 0) is 4.79 Å². The van der Waals surface area contributed by atoms with Gasteiger partial charge in [0.15, 0.2) is 0 Å². The maximum atomic E-state index is 12.1. The van der Waals surface area contributed by atoms with Crippen molar-refractivity contribution in [3.63, 3.8) is 0 Å². The summed E-state index contributed by atoms with van der Waals surface area (Å²) in [5, 5.41) is 3.87. The summed E-state index contributed by atoms with van der Waals surface area (Å²) in [5.41, 5.74) is 1.53. The van der Waals surface area contributed by atoms with E-state index >= 15 is 0 Å². The van der Waals surface area contributed by atoms with Gasteiger partial charge in [0.05, 0.1) is 11.8 Å². The second-order valence-electron chi connectivity index (χ2n) is 6.31. The minimum absolute atomic E-state index is 0.217. The Balaban J connectivity index is 1.53. The standard InChI is InChI=1S/C20H20N4O2/c25-19(9-7-16-5-4-12-26-16)23-15-6-8-17-18(13-15)21-14-22-20(17)24-10-2-1-3-11-24/h4-9,12-14H,1-3,10-11H2,(H,23,25)/b9-7+. The predicted octanol–water partition coefficient (Wildman–Crippen LogP) is 3.87. The van der Waals surface area contributed by atoms with Crippen molar-refractivity contribution in [2.24, 2.45) is 0 Å². The summed E-state index contributed by atoms with van der Waals surface area (Å²) in [7, 11) is 0. The molecule has 6 heteroatoms. The molecule has 1 amide bonds. The fourth-order valence-electron chi connectivity index (χ4n) is 3.21. The molecule has 4 rings (SSSR count). The number of rotatable bonds is 4. The molecule has 1 saturated heterocycles. The minimum Gasteiger partial charge on any atom is -0.465 e. The molecule has 0 radical (unpaired) electrons. The average Bonchev–Trinajstić information content (AvgIpc) is 3.20. The van der Waals surface area contributed by atoms with Gasteiger partial charge in [-0.1, -0.05) is 0 Å². The molecule has 1 aliphatic heterocycles. The second-order valence-corrected chi connectivity index (χ2v) is 6.31. The van der Waals surface area contributed by atoms with Crippen molar-refractivity contribution in [3.8, 4) is 0 Å². The Hall–Kier alpha value is -3.15. The van der Waals surface area contributed by atoms with E-state index in [4.69, 9.17) is 4.42 Å². The second kappa shape index (κ2) is 7.39. The molecule has 0 spiro atoms. The van der Waals surface area contributed by atoms with Gasteiger partial charge in [0, 0.05) is 30.2 Å². The van der Waals surface area contributed by atoms with Crippen LogP contribution in [0.3, 0.4) is 0 Å². The lowest BCUT2D eigenvalue weighted by Gasteiger charge is -2.28. The van der Waals surface area contributed by atoms with Gasteiger partial charge >= 0.3 is 0 Å². The number of anilines is 2. The number of piperidine rings is 1. The van der Waals surface area contributed by atoms with Crippen molar-refractivity contribution in [2.75, 3.05) is 23.3 Å². The van der Waals surface area contributed by atoms with Crippen LogP contribution in [-0.4, -0.2) is 29.0 Å². The maximum Gasteiger partial charge on any atom is 0.248 e. The molecule has 1 aromatic carbocycles. The first-order chi connectivity index (χ1) is 12.8. The Kier molecular flexibility index (Phi) is 4.64. The van der Waals surface area contributed by atoms with Crippen LogP contribution >= 0.6 is 0 Å². The number of hydrogen-bond acceptors (Lipinski definition) is 5. The molecule has 0 aliphatic carbocycles. The molecule has 0 unspecified atom stereocenters. The largest absolute Gasteiger partial charge is 0.465 e. The minimum atomic E-state index is -0.217. The quantitative estimate of drug-likeness (QED) is 0.725. The molecule has 3 heterocycles. The smallest absolute Gasteiger partial charge is 0.248 e. The fraction of sp³-hybridized carbons (Fsp3) is 0.250. The highest BCUT2D eigenvalue weighted by Crippen LogP contribution is 2.27. The molecule has 26 heavy (non-hydrogen) atoms. The molecule has 1 fully saturated rings. The van der Waals surface area contributed by atoms with E-state index in [9.17, 15) is 4.79 Å². The van der Waals surface area contributed by atoms with Crippen LogP contribution in [0.4, 0.5) is 11.5 Å². The topological polar surface area (TPSA) is 71.3 Å². The number of nitrogens with one attached hydrogen (secondary N) is 1. The van der Waals surface area contributed by atoms with E-state index < -0.39 is 0 Å². The normalized spacial score (nSPS) is 14.8. The summed E-state index contributed by atoms with van der Waals surface area (Å²) >= 11 is 0. The Labute approximate surface area is 151 Å². The summed E-state index contributed by atoms with van der Waals surface area (Å²) in [6, 6.07) is 9.31. The molecule has 3 aromatic rings. The highest BCUT2D eigenvalue weighted by molar-refractivity contribution is 6.03. The van der Waals surface area contributed by atoms with Gasteiger partial charge in [0.2, 0.25) is 5.91 Å². The number of furan rings is 1. The third-order valence-corrected chi connectivity index (χ3v) is 4.48. The zero-order valence-electron chi connectivity index (χ0n) is 14.4. The Bertz CT molecular complexity index is 928. The van der Waals surface area contributed by atoms with Crippen molar-refractivity contribution >= 4 is 34.4 Å². The highest BCUT2D eigenvalue weighted by Gasteiger charge is 2.15. The number of nitrogens with zero attached hydrogens (tertiary/aromatic N) is 3. The average molecular weight is 348 g/mol. The lowest BCUT2D eigenvalue weighted by Crippen LogP contribution is -2.30. The summed E-state index contributed by atoms with van der Waals surface area (Å²) in [4.78, 5) is 23.2. The number of aromatic nitrogens is 2. The van der Waals surface area contributed by atoms with Crippen molar-refractivity contribution < 1.29 is 9.21 Å². The number of carbonyl (C=O) groups is 1. The molecular formula is C20H20N4O2. The fourth-order valence-corrected chi connectivity index (χ4v) is 3.21. The highest BCUT2D eigenvalue weighted by atomic mass is 16.3.